The number of likely N-dealkylation sites (tertiary alicyclic amines) is 1. The number of nitrogens with zero attached hydrogens (tertiary/aromatic N) is 2. The smallest absolute Gasteiger partial charge is 0.0874 e. The van der Waals surface area contributed by atoms with Gasteiger partial charge in [-0.3, -0.25) is 9.11 Å². The van der Waals surface area contributed by atoms with Gasteiger partial charge < -0.3 is 14.2 Å². The number of aliphatic hydroxyl groups excluding tert-OH is 1. The molecule has 25 heavy (non-hydrogen) atoms. The van der Waals surface area contributed by atoms with Crippen molar-refractivity contribution in [3.05, 3.63) is 48.5 Å². The van der Waals surface area contributed by atoms with Crippen LogP contribution in [0.1, 0.15) is 12.8 Å². The first-order valence-corrected chi connectivity index (χ1v) is 9.83. The van der Waals surface area contributed by atoms with Crippen LogP contribution in [0.4, 0.5) is 0 Å². The largest absolute Gasteiger partial charge is 0.771 e. The number of hydrogen-bond acceptors (Lipinski definition) is 4. The second kappa shape index (κ2) is 6.88. The normalized spacial score (nSPS) is 21.1. The van der Waals surface area contributed by atoms with Crippen molar-refractivity contribution >= 4 is 32.9 Å². The number of rotatable bonds is 5. The van der Waals surface area contributed by atoms with E-state index in [2.05, 4.69) is 28.8 Å². The van der Waals surface area contributed by atoms with E-state index in [4.69, 9.17) is 0 Å². The van der Waals surface area contributed by atoms with Gasteiger partial charge in [-0.1, -0.05) is 36.4 Å². The van der Waals surface area contributed by atoms with Crippen molar-refractivity contribution in [2.45, 2.75) is 31.5 Å². The molecule has 1 aliphatic heterocycles. The monoisotopic (exact) mass is 357 g/mol. The highest BCUT2D eigenvalue weighted by Crippen LogP contribution is 2.30. The van der Waals surface area contributed by atoms with Gasteiger partial charge in [0.2, 0.25) is 0 Å². The van der Waals surface area contributed by atoms with E-state index in [0.717, 1.165) is 30.4 Å². The molecule has 3 atom stereocenters. The summed E-state index contributed by atoms with van der Waals surface area (Å²) in [4.78, 5) is 1.88. The van der Waals surface area contributed by atoms with Crippen molar-refractivity contribution in [3.63, 3.8) is 0 Å². The number of benzene rings is 2. The van der Waals surface area contributed by atoms with Gasteiger partial charge in [0.1, 0.15) is 0 Å². The van der Waals surface area contributed by atoms with E-state index in [1.807, 2.05) is 29.2 Å². The number of aliphatic hydroxyl groups is 1. The zero-order chi connectivity index (χ0) is 17.4. The molecule has 1 aromatic heterocycles. The topological polar surface area (TPSA) is 68.5 Å². The van der Waals surface area contributed by atoms with Crippen LogP contribution in [0, 0.1) is 0 Å². The zero-order valence-corrected chi connectivity index (χ0v) is 14.7. The minimum absolute atomic E-state index is 0.00506. The average Bonchev–Trinajstić information content (AvgIpc) is 3.18. The fraction of sp³-hybridized carbons (Fsp3) is 0.368. The molecule has 0 spiro atoms. The first kappa shape index (κ1) is 16.7. The molecule has 5 nitrogen and oxygen atoms in total. The Labute approximate surface area is 149 Å². The van der Waals surface area contributed by atoms with E-state index in [0.29, 0.717) is 6.54 Å². The molecule has 0 saturated carbocycles. The molecule has 4 rings (SSSR count). The van der Waals surface area contributed by atoms with Crippen LogP contribution >= 0.6 is 0 Å². The molecule has 3 aromatic rings. The number of fused-ring (bicyclic) bond motifs is 3. The Balaban J connectivity index is 1.69. The minimum atomic E-state index is -2.12. The first-order chi connectivity index (χ1) is 12.1. The maximum atomic E-state index is 11.1. The number of hydrogen-bond donors (Lipinski definition) is 1. The van der Waals surface area contributed by atoms with Crippen LogP contribution in [0.2, 0.25) is 0 Å². The number of para-hydroxylation sites is 2. The van der Waals surface area contributed by atoms with Crippen LogP contribution in [0.3, 0.4) is 0 Å². The summed E-state index contributed by atoms with van der Waals surface area (Å²) in [5.41, 5.74) is 2.19. The fourth-order valence-corrected chi connectivity index (χ4v) is 4.68. The van der Waals surface area contributed by atoms with Gasteiger partial charge in [-0.25, -0.2) is 0 Å². The Bertz CT molecular complexity index is 870. The van der Waals surface area contributed by atoms with Crippen LogP contribution < -0.4 is 0 Å². The van der Waals surface area contributed by atoms with Crippen molar-refractivity contribution in [3.8, 4) is 0 Å². The summed E-state index contributed by atoms with van der Waals surface area (Å²) < 4.78 is 24.3. The van der Waals surface area contributed by atoms with E-state index in [9.17, 15) is 13.9 Å². The van der Waals surface area contributed by atoms with Crippen LogP contribution in [-0.2, 0) is 17.6 Å². The predicted octanol–water partition coefficient (Wildman–Crippen LogP) is 2.46. The predicted molar refractivity (Wildman–Crippen MR) is 99.0 cm³/mol. The van der Waals surface area contributed by atoms with Gasteiger partial charge in [0.15, 0.2) is 0 Å². The lowest BCUT2D eigenvalue weighted by Crippen LogP contribution is -2.42. The second-order valence-corrected chi connectivity index (χ2v) is 7.53. The maximum Gasteiger partial charge on any atom is 0.0874 e. The molecule has 2 heterocycles. The van der Waals surface area contributed by atoms with Crippen molar-refractivity contribution in [2.75, 3.05) is 12.4 Å². The average molecular weight is 357 g/mol. The standard InChI is InChI=1S/C19H22N2O3S/c22-19(18-10-5-11-20(18)13-25(23)24)12-21-16-8-3-1-6-14(16)15-7-2-4-9-17(15)21/h1-4,6-9,18-19,22H,5,10-13H2,(H,23,24)/p-1. The van der Waals surface area contributed by atoms with Gasteiger partial charge in [-0.05, 0) is 42.6 Å². The quantitative estimate of drug-likeness (QED) is 0.712. The van der Waals surface area contributed by atoms with Crippen LogP contribution in [0.5, 0.6) is 0 Å². The summed E-state index contributed by atoms with van der Waals surface area (Å²) in [6.07, 6.45) is 1.15. The highest BCUT2D eigenvalue weighted by atomic mass is 32.2. The second-order valence-electron chi connectivity index (χ2n) is 6.67. The molecule has 3 unspecified atom stereocenters. The summed E-state index contributed by atoms with van der Waals surface area (Å²) in [5.74, 6) is -0.00506. The Morgan fingerprint density at radius 2 is 1.72 bits per heavy atom. The van der Waals surface area contributed by atoms with Gasteiger partial charge in [0.25, 0.3) is 0 Å². The van der Waals surface area contributed by atoms with Gasteiger partial charge in [0.05, 0.1) is 18.5 Å². The molecule has 0 radical (unpaired) electrons. The first-order valence-electron chi connectivity index (χ1n) is 8.59. The number of aromatic nitrogens is 1. The van der Waals surface area contributed by atoms with E-state index in [1.165, 1.54) is 10.8 Å². The van der Waals surface area contributed by atoms with Crippen LogP contribution in [0.25, 0.3) is 21.8 Å². The van der Waals surface area contributed by atoms with E-state index < -0.39 is 17.2 Å². The van der Waals surface area contributed by atoms with Crippen molar-refractivity contribution in [1.82, 2.24) is 9.47 Å². The maximum absolute atomic E-state index is 11.1. The van der Waals surface area contributed by atoms with Gasteiger partial charge in [0, 0.05) is 27.8 Å². The summed E-state index contributed by atoms with van der Waals surface area (Å²) in [6.45, 7) is 1.18. The van der Waals surface area contributed by atoms with Gasteiger partial charge in [-0.15, -0.1) is 0 Å². The summed E-state index contributed by atoms with van der Waals surface area (Å²) in [7, 11) is 0. The van der Waals surface area contributed by atoms with Crippen LogP contribution in [0.15, 0.2) is 48.5 Å². The Morgan fingerprint density at radius 1 is 1.12 bits per heavy atom. The lowest BCUT2D eigenvalue weighted by atomic mass is 10.1. The molecule has 0 aliphatic carbocycles. The van der Waals surface area contributed by atoms with Gasteiger partial charge >= 0.3 is 0 Å². The third-order valence-electron chi connectivity index (χ3n) is 5.18. The molecule has 1 saturated heterocycles. The zero-order valence-electron chi connectivity index (χ0n) is 13.9. The minimum Gasteiger partial charge on any atom is -0.771 e. The third-order valence-corrected chi connectivity index (χ3v) is 5.72. The molecular formula is C19H21N2O3S-. The van der Waals surface area contributed by atoms with Gasteiger partial charge in [-0.2, -0.15) is 0 Å². The molecule has 2 aromatic carbocycles. The highest BCUT2D eigenvalue weighted by Gasteiger charge is 2.31. The molecule has 6 heteroatoms. The van der Waals surface area contributed by atoms with Crippen molar-refractivity contribution in [1.29, 1.82) is 0 Å². The Kier molecular flexibility index (Phi) is 4.60. The molecule has 1 fully saturated rings. The molecule has 0 bridgehead atoms. The highest BCUT2D eigenvalue weighted by molar-refractivity contribution is 7.79. The molecule has 1 aliphatic rings. The van der Waals surface area contributed by atoms with Crippen LogP contribution in [-0.4, -0.2) is 47.9 Å². The molecular weight excluding hydrogens is 336 g/mol. The van der Waals surface area contributed by atoms with E-state index in [1.54, 1.807) is 0 Å². The van der Waals surface area contributed by atoms with E-state index in [-0.39, 0.29) is 11.9 Å². The summed E-state index contributed by atoms with van der Waals surface area (Å²) in [5, 5.41) is 13.2. The fourth-order valence-electron chi connectivity index (χ4n) is 4.09. The van der Waals surface area contributed by atoms with E-state index >= 15 is 0 Å². The summed E-state index contributed by atoms with van der Waals surface area (Å²) >= 11 is -2.12. The third kappa shape index (κ3) is 3.11. The summed E-state index contributed by atoms with van der Waals surface area (Å²) in [6, 6.07) is 16.3. The lowest BCUT2D eigenvalue weighted by molar-refractivity contribution is 0.0695. The Hall–Kier alpha value is -1.73. The molecule has 132 valence electrons. The Morgan fingerprint density at radius 3 is 2.32 bits per heavy atom. The molecule has 1 N–H and O–H groups in total. The SMILES string of the molecule is O=S([O-])CN1CCCC1C(O)Cn1c2ccccc2c2ccccc21. The molecule has 0 amide bonds. The van der Waals surface area contributed by atoms with Crippen molar-refractivity contribution < 1.29 is 13.9 Å². The lowest BCUT2D eigenvalue weighted by Gasteiger charge is -2.29. The van der Waals surface area contributed by atoms with Crippen molar-refractivity contribution in [2.24, 2.45) is 0 Å².